The van der Waals surface area contributed by atoms with Crippen LogP contribution in [0.1, 0.15) is 90.5 Å². The van der Waals surface area contributed by atoms with E-state index in [1.54, 1.807) is 32.0 Å². The summed E-state index contributed by atoms with van der Waals surface area (Å²) in [4.78, 5) is 89.6. The summed E-state index contributed by atoms with van der Waals surface area (Å²) >= 11 is 0. The minimum Gasteiger partial charge on any atom is -0.479 e. The summed E-state index contributed by atoms with van der Waals surface area (Å²) in [7, 11) is -2.33. The van der Waals surface area contributed by atoms with E-state index in [1.807, 2.05) is 48.5 Å². The van der Waals surface area contributed by atoms with Gasteiger partial charge in [0.05, 0.1) is 6.61 Å². The number of hydrogen-bond acceptors (Lipinski definition) is 13. The van der Waals surface area contributed by atoms with Gasteiger partial charge in [-0.05, 0) is 70.9 Å². The van der Waals surface area contributed by atoms with Gasteiger partial charge in [0.15, 0.2) is 38.8 Å². The normalized spacial score (nSPS) is 19.7. The SMILES string of the molecule is CC(=O)O[C@@H]1[C@@H](OC(C)=O)[C@H](C#Cc2cc(NC(=O)[C@H](C)NC(=O)[C@@H](NC(=O)OCC3c4ccccc4-c4ccccc43)C(C)C)ccc2CO[Si](C)(C)C(C)(C)C)O[C@H](C(=O)O)[C@H]1OC(C)=O. The van der Waals surface area contributed by atoms with Gasteiger partial charge in [0, 0.05) is 37.9 Å². The third-order valence-electron chi connectivity index (χ3n) is 12.1. The van der Waals surface area contributed by atoms with Crippen LogP contribution in [-0.4, -0.2) is 104 Å². The first-order chi connectivity index (χ1) is 31.9. The van der Waals surface area contributed by atoms with Crippen LogP contribution < -0.4 is 16.0 Å². The number of carboxylic acid groups (broad SMARTS) is 1. The van der Waals surface area contributed by atoms with Crippen LogP contribution in [0.3, 0.4) is 0 Å². The fraction of sp³-hybridized carbons (Fsp3) is 0.460. The average molecular weight is 956 g/mol. The molecule has 2 aliphatic rings. The molecule has 1 aliphatic carbocycles. The minimum atomic E-state index is -2.33. The Morgan fingerprint density at radius 3 is 1.87 bits per heavy atom. The van der Waals surface area contributed by atoms with Gasteiger partial charge in [-0.1, -0.05) is 101 Å². The van der Waals surface area contributed by atoms with Gasteiger partial charge in [0.25, 0.3) is 0 Å². The van der Waals surface area contributed by atoms with Crippen molar-refractivity contribution < 1.29 is 66.8 Å². The largest absolute Gasteiger partial charge is 0.479 e. The van der Waals surface area contributed by atoms with Crippen molar-refractivity contribution in [2.75, 3.05) is 11.9 Å². The molecule has 68 heavy (non-hydrogen) atoms. The summed E-state index contributed by atoms with van der Waals surface area (Å²) in [6.45, 7) is 18.7. The van der Waals surface area contributed by atoms with E-state index in [0.717, 1.165) is 43.0 Å². The van der Waals surface area contributed by atoms with E-state index < -0.39 is 92.7 Å². The Morgan fingerprint density at radius 1 is 0.765 bits per heavy atom. The van der Waals surface area contributed by atoms with E-state index in [4.69, 9.17) is 28.1 Å². The van der Waals surface area contributed by atoms with Crippen LogP contribution in [0.5, 0.6) is 0 Å². The first-order valence-electron chi connectivity index (χ1n) is 22.3. The van der Waals surface area contributed by atoms with Crippen molar-refractivity contribution in [3.63, 3.8) is 0 Å². The third kappa shape index (κ3) is 12.9. The van der Waals surface area contributed by atoms with Gasteiger partial charge in [0.2, 0.25) is 11.8 Å². The molecule has 3 aromatic rings. The molecule has 4 N–H and O–H groups in total. The highest BCUT2D eigenvalue weighted by molar-refractivity contribution is 6.74. The van der Waals surface area contributed by atoms with E-state index in [9.17, 15) is 38.7 Å². The van der Waals surface area contributed by atoms with Crippen LogP contribution in [0.2, 0.25) is 18.1 Å². The molecule has 0 saturated carbocycles. The molecule has 0 radical (unpaired) electrons. The zero-order valence-electron chi connectivity index (χ0n) is 40.2. The van der Waals surface area contributed by atoms with Gasteiger partial charge in [0.1, 0.15) is 18.7 Å². The number of alkyl carbamates (subject to hydrolysis) is 1. The molecule has 3 aromatic carbocycles. The number of carbonyl (C=O) groups excluding carboxylic acids is 6. The van der Waals surface area contributed by atoms with E-state index >= 15 is 0 Å². The lowest BCUT2D eigenvalue weighted by molar-refractivity contribution is -0.239. The molecule has 364 valence electrons. The summed E-state index contributed by atoms with van der Waals surface area (Å²) < 4.78 is 34.1. The molecule has 0 bridgehead atoms. The van der Waals surface area contributed by atoms with Crippen molar-refractivity contribution in [3.8, 4) is 23.0 Å². The van der Waals surface area contributed by atoms with Crippen molar-refractivity contribution in [1.82, 2.24) is 10.6 Å². The Kier molecular flexibility index (Phi) is 17.0. The molecule has 3 amide bonds. The second-order valence-corrected chi connectivity index (χ2v) is 23.4. The number of ether oxygens (including phenoxy) is 5. The molecule has 7 atom stereocenters. The summed E-state index contributed by atoms with van der Waals surface area (Å²) in [5.74, 6) is -0.206. The predicted molar refractivity (Wildman–Crippen MR) is 251 cm³/mol. The fourth-order valence-corrected chi connectivity index (χ4v) is 8.52. The predicted octanol–water partition coefficient (Wildman–Crippen LogP) is 6.21. The van der Waals surface area contributed by atoms with Gasteiger partial charge in [-0.2, -0.15) is 0 Å². The third-order valence-corrected chi connectivity index (χ3v) is 16.6. The van der Waals surface area contributed by atoms with E-state index in [1.165, 1.54) is 6.92 Å². The molecule has 1 heterocycles. The maximum Gasteiger partial charge on any atom is 0.407 e. The van der Waals surface area contributed by atoms with Crippen LogP contribution >= 0.6 is 0 Å². The van der Waals surface area contributed by atoms with E-state index in [2.05, 4.69) is 61.7 Å². The number of nitrogens with one attached hydrogen (secondary N) is 3. The van der Waals surface area contributed by atoms with E-state index in [0.29, 0.717) is 11.1 Å². The smallest absolute Gasteiger partial charge is 0.407 e. The van der Waals surface area contributed by atoms with Crippen LogP contribution in [0.25, 0.3) is 11.1 Å². The first kappa shape index (κ1) is 52.4. The number of carbonyl (C=O) groups is 7. The molecule has 5 rings (SSSR count). The van der Waals surface area contributed by atoms with Crippen LogP contribution in [0.4, 0.5) is 10.5 Å². The van der Waals surface area contributed by atoms with Gasteiger partial charge in [-0.25, -0.2) is 9.59 Å². The molecule has 1 saturated heterocycles. The number of benzene rings is 3. The number of carboxylic acids is 1. The fourth-order valence-electron chi connectivity index (χ4n) is 7.57. The molecule has 0 unspecified atom stereocenters. The van der Waals surface area contributed by atoms with Gasteiger partial charge in [-0.3, -0.25) is 24.0 Å². The van der Waals surface area contributed by atoms with E-state index in [-0.39, 0.29) is 35.8 Å². The Morgan fingerprint density at radius 2 is 1.32 bits per heavy atom. The first-order valence-corrected chi connectivity index (χ1v) is 25.2. The lowest BCUT2D eigenvalue weighted by Gasteiger charge is -2.41. The summed E-state index contributed by atoms with van der Waals surface area (Å²) in [6.07, 6.45) is -9.08. The zero-order valence-corrected chi connectivity index (χ0v) is 41.2. The molecule has 17 nitrogen and oxygen atoms in total. The lowest BCUT2D eigenvalue weighted by Crippen LogP contribution is -2.62. The number of hydrogen-bond donors (Lipinski definition) is 4. The summed E-state index contributed by atoms with van der Waals surface area (Å²) in [5.41, 5.74) is 5.36. The molecule has 1 fully saturated rings. The van der Waals surface area contributed by atoms with Gasteiger partial charge >= 0.3 is 30.0 Å². The average Bonchev–Trinajstić information content (AvgIpc) is 3.57. The highest BCUT2D eigenvalue weighted by Gasteiger charge is 2.54. The van der Waals surface area contributed by atoms with Crippen molar-refractivity contribution >= 4 is 55.8 Å². The van der Waals surface area contributed by atoms with Gasteiger partial charge in [-0.15, -0.1) is 0 Å². The number of amides is 3. The number of rotatable bonds is 15. The maximum atomic E-state index is 13.7. The molecule has 1 aliphatic heterocycles. The Labute approximate surface area is 397 Å². The Bertz CT molecular complexity index is 2430. The summed E-state index contributed by atoms with van der Waals surface area (Å²) in [6, 6.07) is 18.6. The molecule has 18 heteroatoms. The zero-order chi connectivity index (χ0) is 50.2. The van der Waals surface area contributed by atoms with Crippen molar-refractivity contribution in [1.29, 1.82) is 0 Å². The molecular weight excluding hydrogens is 895 g/mol. The minimum absolute atomic E-state index is 0.0489. The monoisotopic (exact) mass is 955 g/mol. The standard InChI is InChI=1S/C50H61N3O14Si/c1-27(2)41(53-49(61)62-26-39-37-18-14-12-16-35(37)36-17-13-15-19-38(36)39)47(58)51-28(3)46(57)52-34-22-20-33(25-63-68(10,11)50(7,8)9)32(24-34)21-23-40-42(64-29(4)54)43(65-30(5)55)44(66-31(6)56)45(67-40)48(59)60/h12-20,22,24,27-28,39-45H,25-26H2,1-11H3,(H,51,58)(H,52,57)(H,53,61)(H,59,60)/t28-,40-,41-,42-,43+,44-,45-/m0/s1. The maximum absolute atomic E-state index is 13.7. The highest BCUT2D eigenvalue weighted by Crippen LogP contribution is 2.44. The van der Waals surface area contributed by atoms with Crippen LogP contribution in [0, 0.1) is 17.8 Å². The number of aliphatic carboxylic acids is 1. The Hall–Kier alpha value is -6.55. The topological polar surface area (TPSA) is 231 Å². The number of esters is 3. The number of fused-ring (bicyclic) bond motifs is 3. The second kappa shape index (κ2) is 22.0. The van der Waals surface area contributed by atoms with Crippen LogP contribution in [-0.2, 0) is 63.5 Å². The van der Waals surface area contributed by atoms with Crippen molar-refractivity contribution in [2.45, 2.75) is 136 Å². The lowest BCUT2D eigenvalue weighted by atomic mass is 9.93. The quantitative estimate of drug-likeness (QED) is 0.0574. The van der Waals surface area contributed by atoms with Crippen molar-refractivity contribution in [3.05, 3.63) is 89.0 Å². The molecule has 0 spiro atoms. The Balaban J connectivity index is 1.35. The molecular formula is C50H61N3O14Si. The van der Waals surface area contributed by atoms with Crippen LogP contribution in [0.15, 0.2) is 66.7 Å². The number of anilines is 1. The van der Waals surface area contributed by atoms with Gasteiger partial charge < -0.3 is 49.2 Å². The summed E-state index contributed by atoms with van der Waals surface area (Å²) in [5, 5.41) is 18.1. The highest BCUT2D eigenvalue weighted by atomic mass is 28.4. The van der Waals surface area contributed by atoms with Crippen molar-refractivity contribution in [2.24, 2.45) is 5.92 Å². The second-order valence-electron chi connectivity index (χ2n) is 18.6. The molecule has 0 aromatic heterocycles.